The average molecular weight is 410 g/mol. The molecule has 116 valence electrons. The Morgan fingerprint density at radius 3 is 2.64 bits per heavy atom. The number of carbonyl (C=O) groups is 1. The van der Waals surface area contributed by atoms with Crippen LogP contribution in [-0.4, -0.2) is 29.9 Å². The van der Waals surface area contributed by atoms with E-state index in [1.807, 2.05) is 38.1 Å². The van der Waals surface area contributed by atoms with Crippen molar-refractivity contribution in [3.05, 3.63) is 56.4 Å². The van der Waals surface area contributed by atoms with Gasteiger partial charge in [0.05, 0.1) is 24.9 Å². The number of nitrogens with zero attached hydrogens (tertiary/aromatic N) is 2. The fourth-order valence-electron chi connectivity index (χ4n) is 2.37. The topological polar surface area (TPSA) is 42.4 Å². The molecule has 22 heavy (non-hydrogen) atoms. The minimum Gasteiger partial charge on any atom is -0.496 e. The second-order valence-electron chi connectivity index (χ2n) is 5.19. The molecule has 0 aliphatic carbocycles. The molecule has 1 aromatic heterocycles. The van der Waals surface area contributed by atoms with Gasteiger partial charge in [-0.05, 0) is 48.6 Å². The van der Waals surface area contributed by atoms with Crippen molar-refractivity contribution in [2.45, 2.75) is 20.4 Å². The van der Waals surface area contributed by atoms with Crippen molar-refractivity contribution in [2.75, 3.05) is 14.2 Å². The summed E-state index contributed by atoms with van der Waals surface area (Å²) in [5.74, 6) is 0.825. The Balaban J connectivity index is 2.24. The summed E-state index contributed by atoms with van der Waals surface area (Å²) in [6.07, 6.45) is 1.78. The molecule has 2 aromatic rings. The Kier molecular flexibility index (Phi) is 5.39. The highest BCUT2D eigenvalue weighted by Crippen LogP contribution is 2.25. The van der Waals surface area contributed by atoms with Crippen LogP contribution < -0.4 is 4.74 Å². The zero-order valence-corrected chi connectivity index (χ0v) is 15.3. The number of pyridine rings is 1. The zero-order chi connectivity index (χ0) is 16.3. The van der Waals surface area contributed by atoms with E-state index in [9.17, 15) is 4.79 Å². The third-order valence-corrected chi connectivity index (χ3v) is 4.53. The van der Waals surface area contributed by atoms with E-state index in [0.29, 0.717) is 12.1 Å². The smallest absolute Gasteiger partial charge is 0.255 e. The van der Waals surface area contributed by atoms with Crippen molar-refractivity contribution in [1.82, 2.24) is 9.88 Å². The Bertz CT molecular complexity index is 701. The molecule has 0 unspecified atom stereocenters. The van der Waals surface area contributed by atoms with Gasteiger partial charge in [0.1, 0.15) is 5.75 Å². The van der Waals surface area contributed by atoms with Gasteiger partial charge in [0.2, 0.25) is 0 Å². The van der Waals surface area contributed by atoms with Gasteiger partial charge in [-0.2, -0.15) is 0 Å². The molecular formula is C17H19IN2O2. The monoisotopic (exact) mass is 410 g/mol. The highest BCUT2D eigenvalue weighted by Gasteiger charge is 2.17. The van der Waals surface area contributed by atoms with E-state index in [-0.39, 0.29) is 5.91 Å². The van der Waals surface area contributed by atoms with Gasteiger partial charge in [-0.1, -0.05) is 12.1 Å². The molecule has 1 heterocycles. The minimum absolute atomic E-state index is 0.00857. The van der Waals surface area contributed by atoms with Gasteiger partial charge in [-0.25, -0.2) is 0 Å². The molecule has 1 amide bonds. The number of aromatic nitrogens is 1. The molecule has 0 N–H and O–H groups in total. The van der Waals surface area contributed by atoms with Crippen molar-refractivity contribution in [1.29, 1.82) is 0 Å². The van der Waals surface area contributed by atoms with Crippen LogP contribution in [0.2, 0.25) is 0 Å². The Morgan fingerprint density at radius 1 is 1.32 bits per heavy atom. The zero-order valence-electron chi connectivity index (χ0n) is 13.2. The van der Waals surface area contributed by atoms with Crippen LogP contribution >= 0.6 is 22.6 Å². The first-order chi connectivity index (χ1) is 10.5. The minimum atomic E-state index is -0.00857. The molecule has 5 heteroatoms. The van der Waals surface area contributed by atoms with Crippen molar-refractivity contribution in [3.63, 3.8) is 0 Å². The van der Waals surface area contributed by atoms with Crippen molar-refractivity contribution >= 4 is 28.5 Å². The highest BCUT2D eigenvalue weighted by molar-refractivity contribution is 14.1. The molecule has 0 saturated carbocycles. The third kappa shape index (κ3) is 3.40. The molecule has 0 aliphatic rings. The molecule has 0 bridgehead atoms. The average Bonchev–Trinajstić information content (AvgIpc) is 2.50. The van der Waals surface area contributed by atoms with Gasteiger partial charge in [0.15, 0.2) is 0 Å². The van der Waals surface area contributed by atoms with Gasteiger partial charge in [-0.3, -0.25) is 9.78 Å². The maximum Gasteiger partial charge on any atom is 0.255 e. The number of hydrogen-bond donors (Lipinski definition) is 0. The molecule has 4 nitrogen and oxygen atoms in total. The van der Waals surface area contributed by atoms with Gasteiger partial charge in [0.25, 0.3) is 5.91 Å². The fraction of sp³-hybridized carbons (Fsp3) is 0.294. The van der Waals surface area contributed by atoms with Crippen LogP contribution in [0.4, 0.5) is 0 Å². The number of aryl methyl sites for hydroxylation is 1. The number of benzene rings is 1. The second kappa shape index (κ2) is 7.09. The number of rotatable bonds is 4. The number of halogens is 1. The van der Waals surface area contributed by atoms with E-state index in [2.05, 4.69) is 27.6 Å². The molecular weight excluding hydrogens is 391 g/mol. The van der Waals surface area contributed by atoms with Crippen molar-refractivity contribution in [2.24, 2.45) is 0 Å². The van der Waals surface area contributed by atoms with Crippen molar-refractivity contribution < 1.29 is 9.53 Å². The molecule has 1 aromatic carbocycles. The van der Waals surface area contributed by atoms with E-state index in [0.717, 1.165) is 26.1 Å². The standard InChI is InChI=1S/C17H19IN2O2/c1-11-9-19-15(12(2)16(11)22-4)10-20(3)17(21)13-7-5-6-8-14(13)18/h5-9H,10H2,1-4H3. The lowest BCUT2D eigenvalue weighted by atomic mass is 10.1. The number of ether oxygens (including phenoxy) is 1. The summed E-state index contributed by atoms with van der Waals surface area (Å²) in [6, 6.07) is 7.58. The lowest BCUT2D eigenvalue weighted by Crippen LogP contribution is -2.27. The lowest BCUT2D eigenvalue weighted by Gasteiger charge is -2.20. The van der Waals surface area contributed by atoms with Crippen LogP contribution in [0, 0.1) is 17.4 Å². The van der Waals surface area contributed by atoms with Crippen molar-refractivity contribution in [3.8, 4) is 5.75 Å². The second-order valence-corrected chi connectivity index (χ2v) is 6.35. The first kappa shape index (κ1) is 16.7. The fourth-order valence-corrected chi connectivity index (χ4v) is 2.99. The van der Waals surface area contributed by atoms with E-state index >= 15 is 0 Å². The Hall–Kier alpha value is -1.63. The summed E-state index contributed by atoms with van der Waals surface area (Å²) in [7, 11) is 3.44. The van der Waals surface area contributed by atoms with Crippen LogP contribution in [-0.2, 0) is 6.54 Å². The van der Waals surface area contributed by atoms with Crippen LogP contribution in [0.5, 0.6) is 5.75 Å². The lowest BCUT2D eigenvalue weighted by molar-refractivity contribution is 0.0782. The summed E-state index contributed by atoms with van der Waals surface area (Å²) in [5, 5.41) is 0. The van der Waals surface area contributed by atoms with E-state index in [1.54, 1.807) is 25.3 Å². The molecule has 0 saturated heterocycles. The first-order valence-electron chi connectivity index (χ1n) is 6.94. The van der Waals surface area contributed by atoms with E-state index in [4.69, 9.17) is 4.74 Å². The quantitative estimate of drug-likeness (QED) is 0.724. The summed E-state index contributed by atoms with van der Waals surface area (Å²) in [5.41, 5.74) is 3.53. The summed E-state index contributed by atoms with van der Waals surface area (Å²) in [4.78, 5) is 18.7. The maximum absolute atomic E-state index is 12.6. The number of amides is 1. The molecule has 0 fully saturated rings. The molecule has 0 spiro atoms. The normalized spacial score (nSPS) is 10.4. The SMILES string of the molecule is COc1c(C)cnc(CN(C)C(=O)c2ccccc2I)c1C. The summed E-state index contributed by atoms with van der Waals surface area (Å²) < 4.78 is 6.36. The highest BCUT2D eigenvalue weighted by atomic mass is 127. The summed E-state index contributed by atoms with van der Waals surface area (Å²) >= 11 is 2.18. The predicted molar refractivity (Wildman–Crippen MR) is 95.2 cm³/mol. The number of hydrogen-bond acceptors (Lipinski definition) is 3. The molecule has 0 aliphatic heterocycles. The largest absolute Gasteiger partial charge is 0.496 e. The first-order valence-corrected chi connectivity index (χ1v) is 8.02. The van der Waals surface area contributed by atoms with Gasteiger partial charge < -0.3 is 9.64 Å². The molecule has 0 radical (unpaired) electrons. The Labute approximate surface area is 144 Å². The van der Waals surface area contributed by atoms with Crippen LogP contribution in [0.15, 0.2) is 30.5 Å². The van der Waals surface area contributed by atoms with Crippen LogP contribution in [0.25, 0.3) is 0 Å². The number of methoxy groups -OCH3 is 1. The molecule has 0 atom stereocenters. The van der Waals surface area contributed by atoms with Gasteiger partial charge >= 0.3 is 0 Å². The summed E-state index contributed by atoms with van der Waals surface area (Å²) in [6.45, 7) is 4.38. The van der Waals surface area contributed by atoms with Crippen LogP contribution in [0.3, 0.4) is 0 Å². The van der Waals surface area contributed by atoms with Gasteiger partial charge in [-0.15, -0.1) is 0 Å². The van der Waals surface area contributed by atoms with Crippen LogP contribution in [0.1, 0.15) is 27.2 Å². The number of carbonyl (C=O) groups excluding carboxylic acids is 1. The molecule has 2 rings (SSSR count). The Morgan fingerprint density at radius 2 is 2.00 bits per heavy atom. The maximum atomic E-state index is 12.6. The predicted octanol–water partition coefficient (Wildman–Crippen LogP) is 3.58. The third-order valence-electron chi connectivity index (χ3n) is 3.59. The van der Waals surface area contributed by atoms with E-state index < -0.39 is 0 Å². The van der Waals surface area contributed by atoms with E-state index in [1.165, 1.54) is 0 Å². The van der Waals surface area contributed by atoms with Gasteiger partial charge in [0, 0.05) is 27.9 Å².